The number of anilines is 1. The van der Waals surface area contributed by atoms with Crippen LogP contribution < -0.4 is 4.90 Å². The standard InChI is InChI=1S/C10H14N4OS/c1-4-5-8-11-6-7(16-8)9-12-10(13-15-9)14(2)3/h6H,4-5H2,1-3H3. The van der Waals surface area contributed by atoms with Gasteiger partial charge in [0.05, 0.1) is 11.2 Å². The molecule has 2 aromatic heterocycles. The van der Waals surface area contributed by atoms with Crippen molar-refractivity contribution in [2.75, 3.05) is 19.0 Å². The average Bonchev–Trinajstić information content (AvgIpc) is 2.84. The molecule has 0 aromatic carbocycles. The fourth-order valence-electron chi connectivity index (χ4n) is 1.24. The maximum Gasteiger partial charge on any atom is 0.271 e. The van der Waals surface area contributed by atoms with Gasteiger partial charge in [-0.1, -0.05) is 6.92 Å². The van der Waals surface area contributed by atoms with E-state index in [9.17, 15) is 0 Å². The SMILES string of the molecule is CCCc1ncc(-c2nc(N(C)C)no2)s1. The first-order valence-corrected chi connectivity index (χ1v) is 5.98. The van der Waals surface area contributed by atoms with Gasteiger partial charge < -0.3 is 9.42 Å². The molecule has 0 N–H and O–H groups in total. The van der Waals surface area contributed by atoms with Crippen LogP contribution in [0.2, 0.25) is 0 Å². The quantitative estimate of drug-likeness (QED) is 0.817. The highest BCUT2D eigenvalue weighted by Gasteiger charge is 2.12. The molecule has 0 aliphatic rings. The molecule has 0 fully saturated rings. The summed E-state index contributed by atoms with van der Waals surface area (Å²) < 4.78 is 5.17. The Balaban J connectivity index is 2.21. The lowest BCUT2D eigenvalue weighted by molar-refractivity contribution is 0.431. The molecule has 0 radical (unpaired) electrons. The summed E-state index contributed by atoms with van der Waals surface area (Å²) in [5.74, 6) is 1.13. The molecule has 0 spiro atoms. The molecule has 2 aromatic rings. The molecular weight excluding hydrogens is 224 g/mol. The second kappa shape index (κ2) is 4.61. The van der Waals surface area contributed by atoms with Crippen LogP contribution in [0.1, 0.15) is 18.4 Å². The summed E-state index contributed by atoms with van der Waals surface area (Å²) in [5.41, 5.74) is 0. The van der Waals surface area contributed by atoms with Gasteiger partial charge >= 0.3 is 0 Å². The fraction of sp³-hybridized carbons (Fsp3) is 0.500. The first-order chi connectivity index (χ1) is 7.70. The van der Waals surface area contributed by atoms with E-state index in [0.29, 0.717) is 11.8 Å². The van der Waals surface area contributed by atoms with Crippen LogP contribution in [0.4, 0.5) is 5.95 Å². The highest BCUT2D eigenvalue weighted by Crippen LogP contribution is 2.26. The Morgan fingerprint density at radius 3 is 2.88 bits per heavy atom. The third kappa shape index (κ3) is 2.21. The summed E-state index contributed by atoms with van der Waals surface area (Å²) in [7, 11) is 3.76. The van der Waals surface area contributed by atoms with E-state index in [0.717, 1.165) is 22.7 Å². The maximum absolute atomic E-state index is 5.17. The molecule has 86 valence electrons. The normalized spacial score (nSPS) is 10.7. The summed E-state index contributed by atoms with van der Waals surface area (Å²) in [6.45, 7) is 2.14. The lowest BCUT2D eigenvalue weighted by atomic mass is 10.4. The van der Waals surface area contributed by atoms with E-state index in [1.807, 2.05) is 14.1 Å². The van der Waals surface area contributed by atoms with Gasteiger partial charge in [0.15, 0.2) is 0 Å². The molecule has 6 heteroatoms. The van der Waals surface area contributed by atoms with Crippen molar-refractivity contribution in [2.24, 2.45) is 0 Å². The highest BCUT2D eigenvalue weighted by molar-refractivity contribution is 7.15. The Morgan fingerprint density at radius 2 is 2.25 bits per heavy atom. The van der Waals surface area contributed by atoms with Crippen LogP contribution in [0.3, 0.4) is 0 Å². The van der Waals surface area contributed by atoms with E-state index in [4.69, 9.17) is 4.52 Å². The van der Waals surface area contributed by atoms with E-state index in [1.165, 1.54) is 0 Å². The largest absolute Gasteiger partial charge is 0.344 e. The average molecular weight is 238 g/mol. The molecule has 0 aliphatic carbocycles. The van der Waals surface area contributed by atoms with Crippen LogP contribution in [-0.4, -0.2) is 29.2 Å². The van der Waals surface area contributed by atoms with Crippen molar-refractivity contribution in [3.05, 3.63) is 11.2 Å². The van der Waals surface area contributed by atoms with Gasteiger partial charge in [-0.05, 0) is 18.0 Å². The van der Waals surface area contributed by atoms with Gasteiger partial charge in [-0.15, -0.1) is 11.3 Å². The van der Waals surface area contributed by atoms with Crippen molar-refractivity contribution < 1.29 is 4.52 Å². The molecule has 2 rings (SSSR count). The van der Waals surface area contributed by atoms with E-state index < -0.39 is 0 Å². The van der Waals surface area contributed by atoms with Gasteiger partial charge in [-0.25, -0.2) is 4.98 Å². The maximum atomic E-state index is 5.17. The molecule has 0 atom stereocenters. The minimum absolute atomic E-state index is 0.545. The number of nitrogens with zero attached hydrogens (tertiary/aromatic N) is 4. The summed E-state index contributed by atoms with van der Waals surface area (Å²) in [4.78, 5) is 11.3. The van der Waals surface area contributed by atoms with E-state index in [1.54, 1.807) is 22.4 Å². The molecule has 16 heavy (non-hydrogen) atoms. The Morgan fingerprint density at radius 1 is 1.44 bits per heavy atom. The van der Waals surface area contributed by atoms with Gasteiger partial charge in [-0.2, -0.15) is 4.98 Å². The van der Waals surface area contributed by atoms with E-state index >= 15 is 0 Å². The van der Waals surface area contributed by atoms with Gasteiger partial charge in [0.1, 0.15) is 4.88 Å². The number of aromatic nitrogens is 3. The van der Waals surface area contributed by atoms with Crippen LogP contribution in [-0.2, 0) is 6.42 Å². The summed E-state index contributed by atoms with van der Waals surface area (Å²) in [6, 6.07) is 0. The fourth-order valence-corrected chi connectivity index (χ4v) is 2.18. The van der Waals surface area contributed by atoms with Crippen molar-refractivity contribution in [1.82, 2.24) is 15.1 Å². The number of rotatable bonds is 4. The Kier molecular flexibility index (Phi) is 3.19. The Hall–Kier alpha value is -1.43. The zero-order valence-corrected chi connectivity index (χ0v) is 10.4. The van der Waals surface area contributed by atoms with Crippen LogP contribution in [0.5, 0.6) is 0 Å². The minimum Gasteiger partial charge on any atom is -0.344 e. The summed E-state index contributed by atoms with van der Waals surface area (Å²) >= 11 is 1.61. The van der Waals surface area contributed by atoms with E-state index in [-0.39, 0.29) is 0 Å². The molecule has 2 heterocycles. The molecule has 0 aliphatic heterocycles. The monoisotopic (exact) mass is 238 g/mol. The first-order valence-electron chi connectivity index (χ1n) is 5.16. The zero-order chi connectivity index (χ0) is 11.5. The molecule has 0 saturated heterocycles. The van der Waals surface area contributed by atoms with Crippen LogP contribution in [0.15, 0.2) is 10.7 Å². The second-order valence-corrected chi connectivity index (χ2v) is 4.78. The van der Waals surface area contributed by atoms with Gasteiger partial charge in [0.2, 0.25) is 0 Å². The molecule has 0 bridgehead atoms. The number of hydrogen-bond donors (Lipinski definition) is 0. The smallest absolute Gasteiger partial charge is 0.271 e. The number of aryl methyl sites for hydroxylation is 1. The lowest BCUT2D eigenvalue weighted by Gasteiger charge is -2.01. The third-order valence-corrected chi connectivity index (χ3v) is 3.09. The van der Waals surface area contributed by atoms with Crippen molar-refractivity contribution in [2.45, 2.75) is 19.8 Å². The zero-order valence-electron chi connectivity index (χ0n) is 9.60. The van der Waals surface area contributed by atoms with Gasteiger partial charge in [-0.3, -0.25) is 0 Å². The molecule has 0 saturated carbocycles. The van der Waals surface area contributed by atoms with Crippen LogP contribution in [0, 0.1) is 0 Å². The molecule has 0 unspecified atom stereocenters. The predicted octanol–water partition coefficient (Wildman–Crippen LogP) is 2.21. The second-order valence-electron chi connectivity index (χ2n) is 3.66. The Bertz CT molecular complexity index is 463. The summed E-state index contributed by atoms with van der Waals surface area (Å²) in [6.07, 6.45) is 3.89. The predicted molar refractivity (Wildman–Crippen MR) is 63.7 cm³/mol. The first kappa shape index (κ1) is 11.1. The molecular formula is C10H14N4OS. The lowest BCUT2D eigenvalue weighted by Crippen LogP contribution is -2.09. The van der Waals surface area contributed by atoms with Crippen molar-refractivity contribution in [1.29, 1.82) is 0 Å². The number of hydrogen-bond acceptors (Lipinski definition) is 6. The minimum atomic E-state index is 0.545. The van der Waals surface area contributed by atoms with Crippen LogP contribution >= 0.6 is 11.3 Å². The van der Waals surface area contributed by atoms with Crippen LogP contribution in [0.25, 0.3) is 10.8 Å². The third-order valence-electron chi connectivity index (χ3n) is 2.04. The van der Waals surface area contributed by atoms with Crippen molar-refractivity contribution in [3.8, 4) is 10.8 Å². The number of thiazole rings is 1. The summed E-state index contributed by atoms with van der Waals surface area (Å²) in [5, 5.41) is 4.98. The van der Waals surface area contributed by atoms with Crippen molar-refractivity contribution in [3.63, 3.8) is 0 Å². The Labute approximate surface area is 98.1 Å². The van der Waals surface area contributed by atoms with E-state index in [2.05, 4.69) is 22.0 Å². The van der Waals surface area contributed by atoms with Gasteiger partial charge in [0, 0.05) is 14.1 Å². The van der Waals surface area contributed by atoms with Crippen molar-refractivity contribution >= 4 is 17.3 Å². The topological polar surface area (TPSA) is 55.1 Å². The molecule has 0 amide bonds. The van der Waals surface area contributed by atoms with Gasteiger partial charge in [0.25, 0.3) is 11.8 Å². The highest BCUT2D eigenvalue weighted by atomic mass is 32.1. The molecule has 5 nitrogen and oxygen atoms in total.